The van der Waals surface area contributed by atoms with Crippen molar-refractivity contribution in [2.75, 3.05) is 13.1 Å². The van der Waals surface area contributed by atoms with Crippen LogP contribution in [0.3, 0.4) is 0 Å². The van der Waals surface area contributed by atoms with E-state index in [9.17, 15) is 9.90 Å². The predicted molar refractivity (Wildman–Crippen MR) is 150 cm³/mol. The Morgan fingerprint density at radius 3 is 2.50 bits per heavy atom. The number of benzene rings is 3. The highest BCUT2D eigenvalue weighted by molar-refractivity contribution is 6.11. The highest BCUT2D eigenvalue weighted by Gasteiger charge is 2.47. The van der Waals surface area contributed by atoms with Crippen molar-refractivity contribution in [1.29, 1.82) is 0 Å². The molecule has 3 aromatic carbocycles. The van der Waals surface area contributed by atoms with E-state index in [1.165, 1.54) is 12.0 Å². The minimum atomic E-state index is -0.312. The van der Waals surface area contributed by atoms with E-state index in [2.05, 4.69) is 39.0 Å². The van der Waals surface area contributed by atoms with Crippen LogP contribution in [0.2, 0.25) is 0 Å². The van der Waals surface area contributed by atoms with Crippen LogP contribution in [0.1, 0.15) is 74.7 Å². The van der Waals surface area contributed by atoms with Crippen molar-refractivity contribution in [2.24, 2.45) is 11.8 Å². The van der Waals surface area contributed by atoms with Gasteiger partial charge in [-0.3, -0.25) is 4.79 Å². The van der Waals surface area contributed by atoms with E-state index in [0.717, 1.165) is 51.4 Å². The number of aliphatic hydroxyl groups excluding tert-OH is 1. The predicted octanol–water partition coefficient (Wildman–Crippen LogP) is 6.22. The molecule has 1 aliphatic carbocycles. The van der Waals surface area contributed by atoms with Gasteiger partial charge < -0.3 is 14.7 Å². The Bertz CT molecular complexity index is 1590. The third-order valence-corrected chi connectivity index (χ3v) is 9.33. The number of fused-ring (bicyclic) bond motifs is 9. The molecule has 196 valence electrons. The first-order valence-electron chi connectivity index (χ1n) is 14.1. The first kappa shape index (κ1) is 23.8. The molecule has 3 heterocycles. The molecule has 0 unspecified atom stereocenters. The molecule has 4 aromatic rings. The van der Waals surface area contributed by atoms with Crippen molar-refractivity contribution < 1.29 is 14.6 Å². The number of ether oxygens (including phenoxy) is 1. The number of aromatic nitrogens is 2. The molecule has 1 saturated heterocycles. The minimum Gasteiger partial charge on any atom is -0.487 e. The molecule has 1 N–H and O–H groups in total. The van der Waals surface area contributed by atoms with Crippen LogP contribution in [0.25, 0.3) is 32.8 Å². The number of hydrogen-bond acceptors (Lipinski definition) is 5. The fourth-order valence-electron chi connectivity index (χ4n) is 7.28. The van der Waals surface area contributed by atoms with Gasteiger partial charge in [-0.25, -0.2) is 9.97 Å². The summed E-state index contributed by atoms with van der Waals surface area (Å²) in [7, 11) is 0. The number of rotatable bonds is 1. The number of amides is 1. The first-order chi connectivity index (χ1) is 18.3. The van der Waals surface area contributed by atoms with E-state index < -0.39 is 0 Å². The maximum atomic E-state index is 13.2. The van der Waals surface area contributed by atoms with Gasteiger partial charge in [0.05, 0.1) is 28.2 Å². The topological polar surface area (TPSA) is 75.6 Å². The molecule has 6 nitrogen and oxygen atoms in total. The molecular weight excluding hydrogens is 474 g/mol. The third kappa shape index (κ3) is 3.68. The molecule has 1 amide bonds. The van der Waals surface area contributed by atoms with E-state index in [1.807, 2.05) is 29.2 Å². The quantitative estimate of drug-likeness (QED) is 0.243. The van der Waals surface area contributed by atoms with Gasteiger partial charge in [-0.2, -0.15) is 0 Å². The van der Waals surface area contributed by atoms with Crippen molar-refractivity contribution >= 4 is 38.7 Å². The summed E-state index contributed by atoms with van der Waals surface area (Å²) in [5.74, 6) is 2.45. The second-order valence-electron chi connectivity index (χ2n) is 12.3. The van der Waals surface area contributed by atoms with Crippen LogP contribution in [-0.2, 0) is 0 Å². The second kappa shape index (κ2) is 8.63. The standard InChI is InChI=1S/C32H35N3O3/c1-18-8-10-24-23(16-18)27-29-28(21-6-4-5-7-22(21)30(27)38-32(24,2)3)34-26-17-19(9-11-25(26)33-29)31(37)35-14-12-20(36)13-15-35/h4-7,9,11,17-18,20,23-24,36H,8,10,12-16H2,1-3H3/t18-,23-,24-/m0/s1. The molecule has 3 aliphatic rings. The molecule has 1 saturated carbocycles. The van der Waals surface area contributed by atoms with Gasteiger partial charge in [0.15, 0.2) is 0 Å². The second-order valence-corrected chi connectivity index (χ2v) is 12.3. The molecule has 3 atom stereocenters. The van der Waals surface area contributed by atoms with Crippen molar-refractivity contribution in [1.82, 2.24) is 14.9 Å². The van der Waals surface area contributed by atoms with Crippen LogP contribution >= 0.6 is 0 Å². The van der Waals surface area contributed by atoms with Crippen molar-refractivity contribution in [3.63, 3.8) is 0 Å². The lowest BCUT2D eigenvalue weighted by atomic mass is 9.64. The number of nitrogens with zero attached hydrogens (tertiary/aromatic N) is 3. The molecule has 1 aromatic heterocycles. The van der Waals surface area contributed by atoms with Crippen molar-refractivity contribution in [2.45, 2.75) is 70.5 Å². The Morgan fingerprint density at radius 2 is 1.71 bits per heavy atom. The van der Waals surface area contributed by atoms with Gasteiger partial charge in [-0.15, -0.1) is 0 Å². The Kier molecular flexibility index (Phi) is 5.42. The molecule has 2 fully saturated rings. The lowest BCUT2D eigenvalue weighted by molar-refractivity contribution is -0.0115. The molecule has 7 rings (SSSR count). The van der Waals surface area contributed by atoms with E-state index in [4.69, 9.17) is 14.7 Å². The van der Waals surface area contributed by atoms with Crippen LogP contribution < -0.4 is 4.74 Å². The van der Waals surface area contributed by atoms with E-state index in [1.54, 1.807) is 0 Å². The number of hydrogen-bond donors (Lipinski definition) is 1. The number of likely N-dealkylation sites (tertiary alicyclic amines) is 1. The van der Waals surface area contributed by atoms with Gasteiger partial charge >= 0.3 is 0 Å². The summed E-state index contributed by atoms with van der Waals surface area (Å²) in [5.41, 5.74) is 4.96. The SMILES string of the molecule is C[C@H]1CC[C@H]2[C@H](C1)c1c(c3ccccc3c3nc4cc(C(=O)N5CCC(O)CC5)ccc4nc13)OC2(C)C. The fourth-order valence-corrected chi connectivity index (χ4v) is 7.28. The summed E-state index contributed by atoms with van der Waals surface area (Å²) in [4.78, 5) is 25.5. The molecule has 0 radical (unpaired) electrons. The monoisotopic (exact) mass is 509 g/mol. The molecular formula is C32H35N3O3. The zero-order valence-corrected chi connectivity index (χ0v) is 22.4. The summed E-state index contributed by atoms with van der Waals surface area (Å²) in [6.45, 7) is 8.02. The zero-order chi connectivity index (χ0) is 26.2. The summed E-state index contributed by atoms with van der Waals surface area (Å²) in [6.07, 6.45) is 4.47. The number of aliphatic hydroxyl groups is 1. The Hall–Kier alpha value is -3.25. The van der Waals surface area contributed by atoms with Crippen LogP contribution in [0.15, 0.2) is 42.5 Å². The average molecular weight is 510 g/mol. The van der Waals surface area contributed by atoms with Crippen LogP contribution in [0, 0.1) is 11.8 Å². The van der Waals surface area contributed by atoms with Gasteiger partial charge in [0.25, 0.3) is 5.91 Å². The van der Waals surface area contributed by atoms with Gasteiger partial charge in [-0.1, -0.05) is 37.6 Å². The number of carbonyl (C=O) groups is 1. The summed E-state index contributed by atoms with van der Waals surface area (Å²) < 4.78 is 6.85. The van der Waals surface area contributed by atoms with E-state index in [-0.39, 0.29) is 17.6 Å². The van der Waals surface area contributed by atoms with E-state index in [0.29, 0.717) is 49.2 Å². The van der Waals surface area contributed by atoms with E-state index >= 15 is 0 Å². The maximum absolute atomic E-state index is 13.2. The lowest BCUT2D eigenvalue weighted by Gasteiger charge is -2.49. The number of carbonyl (C=O) groups excluding carboxylic acids is 1. The highest BCUT2D eigenvalue weighted by atomic mass is 16.5. The van der Waals surface area contributed by atoms with Crippen LogP contribution in [0.5, 0.6) is 5.75 Å². The minimum absolute atomic E-state index is 0.00865. The largest absolute Gasteiger partial charge is 0.487 e. The Morgan fingerprint density at radius 1 is 0.974 bits per heavy atom. The van der Waals surface area contributed by atoms with Gasteiger partial charge in [0.1, 0.15) is 11.4 Å². The Labute approximate surface area is 223 Å². The molecule has 38 heavy (non-hydrogen) atoms. The fraction of sp³-hybridized carbons (Fsp3) is 0.469. The highest BCUT2D eigenvalue weighted by Crippen LogP contribution is 2.56. The molecule has 2 aliphatic heterocycles. The third-order valence-electron chi connectivity index (χ3n) is 9.33. The summed E-state index contributed by atoms with van der Waals surface area (Å²) in [6, 6.07) is 14.1. The average Bonchev–Trinajstić information content (AvgIpc) is 2.91. The lowest BCUT2D eigenvalue weighted by Crippen LogP contribution is -2.46. The maximum Gasteiger partial charge on any atom is 0.253 e. The van der Waals surface area contributed by atoms with Crippen molar-refractivity contribution in [3.05, 3.63) is 53.6 Å². The smallest absolute Gasteiger partial charge is 0.253 e. The summed E-state index contributed by atoms with van der Waals surface area (Å²) in [5, 5.41) is 12.0. The van der Waals surface area contributed by atoms with Gasteiger partial charge in [-0.05, 0) is 69.6 Å². The molecule has 0 bridgehead atoms. The first-order valence-corrected chi connectivity index (χ1v) is 14.1. The van der Waals surface area contributed by atoms with Crippen molar-refractivity contribution in [3.8, 4) is 5.75 Å². The normalized spacial score (nSPS) is 25.3. The van der Waals surface area contributed by atoms with Gasteiger partial charge in [0.2, 0.25) is 0 Å². The van der Waals surface area contributed by atoms with Crippen LogP contribution in [0.4, 0.5) is 0 Å². The molecule has 6 heteroatoms. The molecule has 0 spiro atoms. The Balaban J connectivity index is 1.43. The number of piperidine rings is 1. The zero-order valence-electron chi connectivity index (χ0n) is 22.4. The van der Waals surface area contributed by atoms with Gasteiger partial charge in [0, 0.05) is 40.9 Å². The summed E-state index contributed by atoms with van der Waals surface area (Å²) >= 11 is 0. The van der Waals surface area contributed by atoms with Crippen LogP contribution in [-0.4, -0.2) is 50.7 Å².